The van der Waals surface area contributed by atoms with E-state index in [4.69, 9.17) is 14.2 Å². The molecule has 248 valence electrons. The van der Waals surface area contributed by atoms with Crippen LogP contribution in [-0.2, 0) is 17.6 Å². The Morgan fingerprint density at radius 3 is 2.15 bits per heavy atom. The second kappa shape index (κ2) is 15.7. The zero-order chi connectivity index (χ0) is 33.3. The van der Waals surface area contributed by atoms with Crippen molar-refractivity contribution in [1.29, 1.82) is 0 Å². The number of alkyl carbamates (subject to hydrolysis) is 1. The molecule has 1 aliphatic carbocycles. The maximum atomic E-state index is 13.0. The Kier molecular flexibility index (Phi) is 11.8. The van der Waals surface area contributed by atoms with E-state index in [9.17, 15) is 23.2 Å². The van der Waals surface area contributed by atoms with Gasteiger partial charge in [0.15, 0.2) is 0 Å². The summed E-state index contributed by atoms with van der Waals surface area (Å²) in [6.07, 6.45) is 4.90. The van der Waals surface area contributed by atoms with Crippen LogP contribution < -0.4 is 20.1 Å². The standard InChI is InChI=1S/C18H23FN2O4.C17H20FNO2/c1-18(2,3)25-17(23)21-10-12(9-19)11-24-14-4-5-15-13(8-14)6-7-20-16(15)22;1-2-12(10-18)11-21-15-5-6-16-13(9-15)7-8-19(17(16)20)14-3-4-14/h4-5,8-9H,6-7,10-11H2,1-3H3,(H,20,22)(H,21,23);5-6,9-10,14H,2-4,7-8,11H2,1H3/b12-9+;12-10+. The minimum Gasteiger partial charge on any atom is -0.489 e. The van der Waals surface area contributed by atoms with Gasteiger partial charge < -0.3 is 29.7 Å². The Hall–Kier alpha value is -4.41. The number of hydrogen-bond donors (Lipinski definition) is 2. The van der Waals surface area contributed by atoms with E-state index in [-0.39, 0.29) is 37.1 Å². The van der Waals surface area contributed by atoms with Crippen molar-refractivity contribution < 1.29 is 37.4 Å². The molecule has 0 unspecified atom stereocenters. The Balaban J connectivity index is 0.000000211. The van der Waals surface area contributed by atoms with E-state index in [1.165, 1.54) is 0 Å². The fourth-order valence-corrected chi connectivity index (χ4v) is 4.99. The lowest BCUT2D eigenvalue weighted by atomic mass is 9.98. The molecule has 3 amide bonds. The van der Waals surface area contributed by atoms with Crippen molar-refractivity contribution in [3.05, 3.63) is 82.5 Å². The second-order valence-corrected chi connectivity index (χ2v) is 12.4. The number of ether oxygens (including phenoxy) is 3. The number of carbonyl (C=O) groups is 3. The summed E-state index contributed by atoms with van der Waals surface area (Å²) in [5.41, 5.74) is 3.64. The molecule has 1 saturated carbocycles. The number of benzene rings is 2. The molecule has 0 bridgehead atoms. The normalized spacial score (nSPS) is 16.3. The first-order valence-corrected chi connectivity index (χ1v) is 15.6. The van der Waals surface area contributed by atoms with Crippen LogP contribution in [0.2, 0.25) is 0 Å². The van der Waals surface area contributed by atoms with Gasteiger partial charge in [-0.1, -0.05) is 6.92 Å². The van der Waals surface area contributed by atoms with E-state index >= 15 is 0 Å². The fourth-order valence-electron chi connectivity index (χ4n) is 4.99. The summed E-state index contributed by atoms with van der Waals surface area (Å²) in [7, 11) is 0. The first-order valence-electron chi connectivity index (χ1n) is 15.6. The number of nitrogens with zero attached hydrogens (tertiary/aromatic N) is 1. The summed E-state index contributed by atoms with van der Waals surface area (Å²) in [5.74, 6) is 1.29. The van der Waals surface area contributed by atoms with Gasteiger partial charge in [-0.2, -0.15) is 0 Å². The smallest absolute Gasteiger partial charge is 0.407 e. The average Bonchev–Trinajstić information content (AvgIpc) is 3.87. The van der Waals surface area contributed by atoms with Crippen LogP contribution >= 0.6 is 0 Å². The minimum absolute atomic E-state index is 0.0151. The number of amides is 3. The molecular formula is C35H43F2N3O6. The molecule has 46 heavy (non-hydrogen) atoms. The molecule has 2 N–H and O–H groups in total. The van der Waals surface area contributed by atoms with Gasteiger partial charge in [0.1, 0.15) is 30.3 Å². The van der Waals surface area contributed by atoms with E-state index in [0.29, 0.717) is 54.3 Å². The summed E-state index contributed by atoms with van der Waals surface area (Å²) in [6.45, 7) is 8.75. The first kappa shape index (κ1) is 34.5. The van der Waals surface area contributed by atoms with Crippen LogP contribution in [0.4, 0.5) is 13.6 Å². The van der Waals surface area contributed by atoms with Crippen LogP contribution in [0.25, 0.3) is 0 Å². The van der Waals surface area contributed by atoms with Crippen LogP contribution in [0.5, 0.6) is 11.5 Å². The van der Waals surface area contributed by atoms with Crippen LogP contribution in [0.15, 0.2) is 60.2 Å². The largest absolute Gasteiger partial charge is 0.489 e. The molecule has 0 saturated heterocycles. The quantitative estimate of drug-likeness (QED) is 0.320. The number of hydrogen-bond acceptors (Lipinski definition) is 6. The zero-order valence-corrected chi connectivity index (χ0v) is 26.9. The predicted octanol–water partition coefficient (Wildman–Crippen LogP) is 6.22. The van der Waals surface area contributed by atoms with Gasteiger partial charge in [0, 0.05) is 42.4 Å². The molecule has 9 nitrogen and oxygen atoms in total. The van der Waals surface area contributed by atoms with Gasteiger partial charge in [-0.3, -0.25) is 9.59 Å². The Labute approximate surface area is 269 Å². The summed E-state index contributed by atoms with van der Waals surface area (Å²) in [6, 6.07) is 11.2. The van der Waals surface area contributed by atoms with Crippen LogP contribution in [-0.4, -0.2) is 67.3 Å². The van der Waals surface area contributed by atoms with Crippen LogP contribution in [0, 0.1) is 0 Å². The number of halogens is 2. The van der Waals surface area contributed by atoms with E-state index in [2.05, 4.69) is 10.6 Å². The highest BCUT2D eigenvalue weighted by Crippen LogP contribution is 2.33. The maximum absolute atomic E-state index is 13.0. The third-order valence-electron chi connectivity index (χ3n) is 7.65. The van der Waals surface area contributed by atoms with Crippen molar-refractivity contribution >= 4 is 17.9 Å². The monoisotopic (exact) mass is 639 g/mol. The molecule has 5 rings (SSSR count). The van der Waals surface area contributed by atoms with E-state index < -0.39 is 11.7 Å². The molecule has 1 fully saturated rings. The molecule has 0 spiro atoms. The van der Waals surface area contributed by atoms with Gasteiger partial charge in [-0.25, -0.2) is 13.6 Å². The lowest BCUT2D eigenvalue weighted by Crippen LogP contribution is -2.39. The number of nitrogens with one attached hydrogen (secondary N) is 2. The highest BCUT2D eigenvalue weighted by Gasteiger charge is 2.36. The molecule has 3 aliphatic rings. The average molecular weight is 640 g/mol. The first-order chi connectivity index (χ1) is 22.0. The van der Waals surface area contributed by atoms with Crippen molar-refractivity contribution in [3.8, 4) is 11.5 Å². The maximum Gasteiger partial charge on any atom is 0.407 e. The van der Waals surface area contributed by atoms with Gasteiger partial charge in [0.05, 0.1) is 12.7 Å². The van der Waals surface area contributed by atoms with E-state index in [1.54, 1.807) is 45.0 Å². The lowest BCUT2D eigenvalue weighted by molar-refractivity contribution is 0.0531. The van der Waals surface area contributed by atoms with Crippen LogP contribution in [0.1, 0.15) is 78.8 Å². The Morgan fingerprint density at radius 2 is 1.57 bits per heavy atom. The highest BCUT2D eigenvalue weighted by atomic mass is 19.1. The predicted molar refractivity (Wildman–Crippen MR) is 171 cm³/mol. The van der Waals surface area contributed by atoms with Gasteiger partial charge in [0.2, 0.25) is 0 Å². The molecule has 11 heteroatoms. The SMILES string of the molecule is CC(C)(C)OC(=O)NC/C(=C\F)COc1ccc2c(c1)CCNC2=O.CC/C(=C\F)COc1ccc2c(c1)CCN(C1CC1)C2=O. The van der Waals surface area contributed by atoms with Crippen molar-refractivity contribution in [2.24, 2.45) is 0 Å². The molecule has 2 heterocycles. The minimum atomic E-state index is -0.619. The number of carbonyl (C=O) groups excluding carboxylic acids is 3. The van der Waals surface area contributed by atoms with E-state index in [1.807, 2.05) is 24.0 Å². The third-order valence-corrected chi connectivity index (χ3v) is 7.65. The van der Waals surface area contributed by atoms with Gasteiger partial charge in [-0.05, 0) is 106 Å². The van der Waals surface area contributed by atoms with Gasteiger partial charge in [0.25, 0.3) is 11.8 Å². The second-order valence-electron chi connectivity index (χ2n) is 12.4. The molecule has 2 aromatic carbocycles. The Bertz CT molecular complexity index is 1480. The van der Waals surface area contributed by atoms with E-state index in [0.717, 1.165) is 48.9 Å². The molecule has 0 aromatic heterocycles. The van der Waals surface area contributed by atoms with Gasteiger partial charge >= 0.3 is 6.09 Å². The van der Waals surface area contributed by atoms with Crippen molar-refractivity contribution in [2.75, 3.05) is 32.8 Å². The summed E-state index contributed by atoms with van der Waals surface area (Å²) in [4.78, 5) is 37.7. The molecule has 0 atom stereocenters. The van der Waals surface area contributed by atoms with Crippen molar-refractivity contribution in [1.82, 2.24) is 15.5 Å². The number of rotatable bonds is 10. The van der Waals surface area contributed by atoms with Crippen LogP contribution in [0.3, 0.4) is 0 Å². The van der Waals surface area contributed by atoms with Crippen molar-refractivity contribution in [2.45, 2.75) is 71.4 Å². The summed E-state index contributed by atoms with van der Waals surface area (Å²) >= 11 is 0. The topological polar surface area (TPSA) is 106 Å². The van der Waals surface area contributed by atoms with Crippen molar-refractivity contribution in [3.63, 3.8) is 0 Å². The zero-order valence-electron chi connectivity index (χ0n) is 26.9. The third kappa shape index (κ3) is 9.79. The highest BCUT2D eigenvalue weighted by molar-refractivity contribution is 5.97. The van der Waals surface area contributed by atoms with Gasteiger partial charge in [-0.15, -0.1) is 0 Å². The lowest BCUT2D eigenvalue weighted by Gasteiger charge is -2.28. The molecule has 2 aliphatic heterocycles. The fraction of sp³-hybridized carbons (Fsp3) is 0.457. The molecule has 0 radical (unpaired) electrons. The summed E-state index contributed by atoms with van der Waals surface area (Å²) in [5, 5.41) is 5.25. The molecule has 2 aromatic rings. The Morgan fingerprint density at radius 1 is 0.957 bits per heavy atom. The number of fused-ring (bicyclic) bond motifs is 2. The summed E-state index contributed by atoms with van der Waals surface area (Å²) < 4.78 is 41.8. The molecular weight excluding hydrogens is 596 g/mol.